The van der Waals surface area contributed by atoms with E-state index in [1.807, 2.05) is 0 Å². The van der Waals surface area contributed by atoms with E-state index in [-0.39, 0.29) is 23.5 Å². The zero-order valence-corrected chi connectivity index (χ0v) is 9.98. The summed E-state index contributed by atoms with van der Waals surface area (Å²) in [5.74, 6) is -0.676. The normalized spacial score (nSPS) is 9.88. The van der Waals surface area contributed by atoms with Crippen LogP contribution in [-0.2, 0) is 4.74 Å². The van der Waals surface area contributed by atoms with E-state index in [0.29, 0.717) is 4.47 Å². The standard InChI is InChI=1S/C9H9BrN2O4/c1-2-16-9(13)6-3-5(12(14)15)4-7(10)8(6)11/h3-4H,2,11H2,1H3. The second-order valence-electron chi connectivity index (χ2n) is 2.87. The number of hydrogen-bond donors (Lipinski definition) is 1. The van der Waals surface area contributed by atoms with E-state index in [1.54, 1.807) is 6.92 Å². The molecule has 2 N–H and O–H groups in total. The van der Waals surface area contributed by atoms with Crippen molar-refractivity contribution in [3.8, 4) is 0 Å². The second-order valence-corrected chi connectivity index (χ2v) is 3.72. The number of nitro benzene ring substituents is 1. The number of nitrogens with zero attached hydrogens (tertiary/aromatic N) is 1. The van der Waals surface area contributed by atoms with E-state index >= 15 is 0 Å². The lowest BCUT2D eigenvalue weighted by atomic mass is 10.1. The van der Waals surface area contributed by atoms with Crippen molar-refractivity contribution in [2.24, 2.45) is 0 Å². The van der Waals surface area contributed by atoms with E-state index in [2.05, 4.69) is 15.9 Å². The Kier molecular flexibility index (Phi) is 3.83. The molecule has 0 bridgehead atoms. The fourth-order valence-electron chi connectivity index (χ4n) is 1.09. The van der Waals surface area contributed by atoms with Crippen molar-refractivity contribution in [3.63, 3.8) is 0 Å². The number of hydrogen-bond acceptors (Lipinski definition) is 5. The number of carbonyl (C=O) groups is 1. The Labute approximate surface area is 99.7 Å². The Morgan fingerprint density at radius 1 is 1.62 bits per heavy atom. The minimum absolute atomic E-state index is 0.0112. The van der Waals surface area contributed by atoms with Gasteiger partial charge in [0, 0.05) is 16.6 Å². The largest absolute Gasteiger partial charge is 0.462 e. The molecule has 0 spiro atoms. The average molecular weight is 289 g/mol. The van der Waals surface area contributed by atoms with Crippen LogP contribution < -0.4 is 5.73 Å². The van der Waals surface area contributed by atoms with Gasteiger partial charge in [-0.25, -0.2) is 4.79 Å². The average Bonchev–Trinajstić information content (AvgIpc) is 2.21. The summed E-state index contributed by atoms with van der Waals surface area (Å²) >= 11 is 3.05. The highest BCUT2D eigenvalue weighted by atomic mass is 79.9. The first-order valence-electron chi connectivity index (χ1n) is 4.38. The van der Waals surface area contributed by atoms with Gasteiger partial charge < -0.3 is 10.5 Å². The third-order valence-corrected chi connectivity index (χ3v) is 2.48. The lowest BCUT2D eigenvalue weighted by molar-refractivity contribution is -0.384. The van der Waals surface area contributed by atoms with Crippen LogP contribution in [0, 0.1) is 10.1 Å². The molecule has 0 aliphatic carbocycles. The molecule has 0 aliphatic rings. The van der Waals surface area contributed by atoms with E-state index in [1.165, 1.54) is 6.07 Å². The van der Waals surface area contributed by atoms with Crippen LogP contribution in [-0.4, -0.2) is 17.5 Å². The fourth-order valence-corrected chi connectivity index (χ4v) is 1.53. The predicted molar refractivity (Wildman–Crippen MR) is 61.2 cm³/mol. The molecule has 6 nitrogen and oxygen atoms in total. The third kappa shape index (κ3) is 2.48. The molecule has 1 aromatic rings. The second kappa shape index (κ2) is 4.93. The number of benzene rings is 1. The number of anilines is 1. The smallest absolute Gasteiger partial charge is 0.340 e. The number of nitro groups is 1. The molecule has 0 aliphatic heterocycles. The molecule has 0 saturated heterocycles. The molecule has 0 saturated carbocycles. The summed E-state index contributed by atoms with van der Waals surface area (Å²) in [4.78, 5) is 21.4. The molecule has 0 aromatic heterocycles. The summed E-state index contributed by atoms with van der Waals surface area (Å²) in [5, 5.41) is 10.6. The van der Waals surface area contributed by atoms with Crippen molar-refractivity contribution < 1.29 is 14.5 Å². The number of ether oxygens (including phenoxy) is 1. The molecule has 1 aromatic carbocycles. The van der Waals surface area contributed by atoms with Gasteiger partial charge in [-0.1, -0.05) is 0 Å². The van der Waals surface area contributed by atoms with Gasteiger partial charge in [0.25, 0.3) is 5.69 Å². The van der Waals surface area contributed by atoms with Crippen LogP contribution >= 0.6 is 15.9 Å². The van der Waals surface area contributed by atoms with E-state index in [4.69, 9.17) is 10.5 Å². The minimum Gasteiger partial charge on any atom is -0.462 e. The lowest BCUT2D eigenvalue weighted by Gasteiger charge is -2.06. The quantitative estimate of drug-likeness (QED) is 0.398. The van der Waals surface area contributed by atoms with Gasteiger partial charge >= 0.3 is 5.97 Å². The predicted octanol–water partition coefficient (Wildman–Crippen LogP) is 2.12. The maximum Gasteiger partial charge on any atom is 0.340 e. The maximum absolute atomic E-state index is 11.4. The monoisotopic (exact) mass is 288 g/mol. The van der Waals surface area contributed by atoms with Crippen LogP contribution in [0.25, 0.3) is 0 Å². The van der Waals surface area contributed by atoms with Crippen LogP contribution in [0.4, 0.5) is 11.4 Å². The highest BCUT2D eigenvalue weighted by Crippen LogP contribution is 2.29. The van der Waals surface area contributed by atoms with Crippen molar-refractivity contribution in [3.05, 3.63) is 32.3 Å². The molecule has 0 atom stereocenters. The van der Waals surface area contributed by atoms with E-state index in [0.717, 1.165) is 6.07 Å². The zero-order valence-electron chi connectivity index (χ0n) is 8.40. The number of non-ortho nitro benzene ring substituents is 1. The first-order chi connectivity index (χ1) is 7.47. The lowest BCUT2D eigenvalue weighted by Crippen LogP contribution is -2.09. The third-order valence-electron chi connectivity index (χ3n) is 1.82. The van der Waals surface area contributed by atoms with Gasteiger partial charge in [-0.05, 0) is 22.9 Å². The van der Waals surface area contributed by atoms with E-state index < -0.39 is 10.9 Å². The fraction of sp³-hybridized carbons (Fsp3) is 0.222. The number of carbonyl (C=O) groups excluding carboxylic acids is 1. The molecule has 16 heavy (non-hydrogen) atoms. The van der Waals surface area contributed by atoms with Crippen LogP contribution in [0.3, 0.4) is 0 Å². The zero-order chi connectivity index (χ0) is 12.3. The van der Waals surface area contributed by atoms with Crippen molar-refractivity contribution in [2.75, 3.05) is 12.3 Å². The summed E-state index contributed by atoms with van der Waals surface area (Å²) in [7, 11) is 0. The first kappa shape index (κ1) is 12.4. The summed E-state index contributed by atoms with van der Waals surface area (Å²) in [6.07, 6.45) is 0. The molecule has 0 radical (unpaired) electrons. The minimum atomic E-state index is -0.676. The molecule has 1 rings (SSSR count). The van der Waals surface area contributed by atoms with Gasteiger partial charge in [0.1, 0.15) is 0 Å². The molecular weight excluding hydrogens is 280 g/mol. The summed E-state index contributed by atoms with van der Waals surface area (Å²) in [5.41, 5.74) is 5.51. The molecule has 0 heterocycles. The highest BCUT2D eigenvalue weighted by Gasteiger charge is 2.19. The number of nitrogen functional groups attached to an aromatic ring is 1. The number of nitrogens with two attached hydrogens (primary N) is 1. The molecule has 0 amide bonds. The van der Waals surface area contributed by atoms with Crippen molar-refractivity contribution in [1.82, 2.24) is 0 Å². The Morgan fingerprint density at radius 2 is 2.25 bits per heavy atom. The first-order valence-corrected chi connectivity index (χ1v) is 5.17. The van der Waals surface area contributed by atoms with Crippen molar-refractivity contribution in [1.29, 1.82) is 0 Å². The van der Waals surface area contributed by atoms with Gasteiger partial charge in [-0.2, -0.15) is 0 Å². The van der Waals surface area contributed by atoms with Gasteiger partial charge in [0.15, 0.2) is 0 Å². The Bertz CT molecular complexity index is 447. The van der Waals surface area contributed by atoms with Gasteiger partial charge in [0.2, 0.25) is 0 Å². The maximum atomic E-state index is 11.4. The van der Waals surface area contributed by atoms with Gasteiger partial charge in [0.05, 0.1) is 22.8 Å². The van der Waals surface area contributed by atoms with Gasteiger partial charge in [-0.15, -0.1) is 0 Å². The SMILES string of the molecule is CCOC(=O)c1cc([N+](=O)[O-])cc(Br)c1N. The van der Waals surface area contributed by atoms with Crippen LogP contribution in [0.1, 0.15) is 17.3 Å². The summed E-state index contributed by atoms with van der Waals surface area (Å²) in [6.45, 7) is 1.82. The summed E-state index contributed by atoms with van der Waals surface area (Å²) < 4.78 is 5.03. The Balaban J connectivity index is 3.26. The van der Waals surface area contributed by atoms with Crippen LogP contribution in [0.2, 0.25) is 0 Å². The van der Waals surface area contributed by atoms with Crippen molar-refractivity contribution in [2.45, 2.75) is 6.92 Å². The number of esters is 1. The molecule has 86 valence electrons. The Morgan fingerprint density at radius 3 is 2.75 bits per heavy atom. The van der Waals surface area contributed by atoms with Crippen molar-refractivity contribution >= 4 is 33.3 Å². The topological polar surface area (TPSA) is 95.5 Å². The van der Waals surface area contributed by atoms with Crippen LogP contribution in [0.5, 0.6) is 0 Å². The molecule has 0 fully saturated rings. The number of halogens is 1. The number of rotatable bonds is 3. The van der Waals surface area contributed by atoms with Crippen LogP contribution in [0.15, 0.2) is 16.6 Å². The molecular formula is C9H9BrN2O4. The van der Waals surface area contributed by atoms with E-state index in [9.17, 15) is 14.9 Å². The highest BCUT2D eigenvalue weighted by molar-refractivity contribution is 9.10. The Hall–Kier alpha value is -1.63. The molecule has 7 heteroatoms. The van der Waals surface area contributed by atoms with Gasteiger partial charge in [-0.3, -0.25) is 10.1 Å². The summed E-state index contributed by atoms with van der Waals surface area (Å²) in [6, 6.07) is 2.33. The molecule has 0 unspecified atom stereocenters.